The van der Waals surface area contributed by atoms with Gasteiger partial charge in [-0.15, -0.1) is 11.6 Å². The van der Waals surface area contributed by atoms with Gasteiger partial charge in [0.1, 0.15) is 0 Å². The Kier molecular flexibility index (Phi) is 4.85. The maximum Gasteiger partial charge on any atom is 0.261 e. The van der Waals surface area contributed by atoms with Gasteiger partial charge in [0.05, 0.1) is 17.8 Å². The number of amides is 1. The molecule has 0 bridgehead atoms. The van der Waals surface area contributed by atoms with Crippen molar-refractivity contribution in [2.45, 2.75) is 19.3 Å². The maximum atomic E-state index is 13.3. The molecule has 1 aliphatic rings. The first kappa shape index (κ1) is 18.3. The highest BCUT2D eigenvalue weighted by atomic mass is 35.5. The second-order valence-corrected chi connectivity index (χ2v) is 7.47. The van der Waals surface area contributed by atoms with Crippen LogP contribution in [-0.4, -0.2) is 10.9 Å². The molecule has 0 saturated carbocycles. The number of halogens is 3. The summed E-state index contributed by atoms with van der Waals surface area (Å²) in [4.78, 5) is 19.7. The van der Waals surface area contributed by atoms with E-state index in [9.17, 15) is 4.79 Å². The Hall–Kier alpha value is -2.07. The number of pyridine rings is 1. The number of para-hydroxylation sites is 1. The fourth-order valence-corrected chi connectivity index (χ4v) is 4.30. The van der Waals surface area contributed by atoms with Gasteiger partial charge in [-0.2, -0.15) is 0 Å². The largest absolute Gasteiger partial charge is 0.302 e. The Balaban J connectivity index is 1.95. The quantitative estimate of drug-likeness (QED) is 0.471. The van der Waals surface area contributed by atoms with Gasteiger partial charge >= 0.3 is 0 Å². The predicted octanol–water partition coefficient (Wildman–Crippen LogP) is 6.26. The molecule has 0 spiro atoms. The lowest BCUT2D eigenvalue weighted by atomic mass is 9.93. The number of aryl methyl sites for hydroxylation is 1. The van der Waals surface area contributed by atoms with E-state index in [0.29, 0.717) is 22.2 Å². The van der Waals surface area contributed by atoms with Crippen molar-refractivity contribution in [1.29, 1.82) is 0 Å². The van der Waals surface area contributed by atoms with Crippen LogP contribution in [0.5, 0.6) is 0 Å². The average molecular weight is 418 g/mol. The maximum absolute atomic E-state index is 13.3. The molecule has 0 N–H and O–H groups in total. The highest BCUT2D eigenvalue weighted by Gasteiger charge is 2.35. The van der Waals surface area contributed by atoms with E-state index in [1.807, 2.05) is 43.3 Å². The third-order valence-corrected chi connectivity index (χ3v) is 5.56. The van der Waals surface area contributed by atoms with Crippen LogP contribution >= 0.6 is 34.8 Å². The zero-order valence-corrected chi connectivity index (χ0v) is 16.7. The molecule has 0 aliphatic carbocycles. The SMILES string of the molecule is Cc1nc2c(c(-c3ccc(Cl)cc3Cl)c1CCl)C(=O)N(c1ccccc1)C2. The Morgan fingerprint density at radius 2 is 1.81 bits per heavy atom. The Bertz CT molecular complexity index is 1050. The molecule has 1 aromatic heterocycles. The van der Waals surface area contributed by atoms with Crippen molar-refractivity contribution in [3.8, 4) is 11.1 Å². The number of hydrogen-bond acceptors (Lipinski definition) is 2. The summed E-state index contributed by atoms with van der Waals surface area (Å²) in [7, 11) is 0. The summed E-state index contributed by atoms with van der Waals surface area (Å²) in [5, 5.41) is 1.02. The summed E-state index contributed by atoms with van der Waals surface area (Å²) < 4.78 is 0. The van der Waals surface area contributed by atoms with Crippen LogP contribution in [0, 0.1) is 6.92 Å². The molecule has 136 valence electrons. The Morgan fingerprint density at radius 1 is 1.07 bits per heavy atom. The number of aromatic nitrogens is 1. The molecule has 1 aliphatic heterocycles. The van der Waals surface area contributed by atoms with E-state index >= 15 is 0 Å². The molecule has 1 amide bonds. The number of rotatable bonds is 3. The van der Waals surface area contributed by atoms with Crippen molar-refractivity contribution in [3.63, 3.8) is 0 Å². The topological polar surface area (TPSA) is 33.2 Å². The van der Waals surface area contributed by atoms with E-state index in [1.165, 1.54) is 0 Å². The Morgan fingerprint density at radius 3 is 2.48 bits per heavy atom. The first-order chi connectivity index (χ1) is 13.0. The molecule has 3 aromatic rings. The van der Waals surface area contributed by atoms with E-state index in [-0.39, 0.29) is 11.8 Å². The van der Waals surface area contributed by atoms with Crippen molar-refractivity contribution in [3.05, 3.63) is 81.1 Å². The number of nitrogens with zero attached hydrogens (tertiary/aromatic N) is 2. The van der Waals surface area contributed by atoms with Gasteiger partial charge in [-0.25, -0.2) is 0 Å². The molecule has 2 aromatic carbocycles. The van der Waals surface area contributed by atoms with Crippen molar-refractivity contribution in [1.82, 2.24) is 4.98 Å². The second-order valence-electron chi connectivity index (χ2n) is 6.36. The number of carbonyl (C=O) groups excluding carboxylic acids is 1. The summed E-state index contributed by atoms with van der Waals surface area (Å²) in [5.41, 5.74) is 5.22. The fourth-order valence-electron chi connectivity index (χ4n) is 3.47. The van der Waals surface area contributed by atoms with Crippen LogP contribution in [0.3, 0.4) is 0 Å². The number of fused-ring (bicyclic) bond motifs is 1. The van der Waals surface area contributed by atoms with E-state index in [4.69, 9.17) is 34.8 Å². The van der Waals surface area contributed by atoms with Crippen molar-refractivity contribution in [2.75, 3.05) is 4.90 Å². The van der Waals surface area contributed by atoms with Gasteiger partial charge < -0.3 is 4.90 Å². The second kappa shape index (κ2) is 7.16. The van der Waals surface area contributed by atoms with Gasteiger partial charge in [0.2, 0.25) is 0 Å². The number of benzene rings is 2. The van der Waals surface area contributed by atoms with Crippen LogP contribution in [0.25, 0.3) is 11.1 Å². The van der Waals surface area contributed by atoms with Gasteiger partial charge in [0, 0.05) is 38.4 Å². The van der Waals surface area contributed by atoms with Crippen LogP contribution in [0.1, 0.15) is 27.3 Å². The van der Waals surface area contributed by atoms with Gasteiger partial charge in [-0.05, 0) is 36.8 Å². The molecule has 0 atom stereocenters. The molecule has 0 radical (unpaired) electrons. The number of anilines is 1. The molecule has 4 rings (SSSR count). The van der Waals surface area contributed by atoms with E-state index in [1.54, 1.807) is 17.0 Å². The summed E-state index contributed by atoms with van der Waals surface area (Å²) in [6.45, 7) is 2.32. The summed E-state index contributed by atoms with van der Waals surface area (Å²) >= 11 is 18.8. The molecule has 3 nitrogen and oxygen atoms in total. The predicted molar refractivity (Wildman–Crippen MR) is 111 cm³/mol. The summed E-state index contributed by atoms with van der Waals surface area (Å²) in [5.74, 6) is 0.134. The minimum atomic E-state index is -0.101. The van der Waals surface area contributed by atoms with Crippen molar-refractivity contribution in [2.24, 2.45) is 0 Å². The average Bonchev–Trinajstić information content (AvgIpc) is 2.98. The highest BCUT2D eigenvalue weighted by Crippen LogP contribution is 2.41. The molecule has 0 fully saturated rings. The molecule has 0 saturated heterocycles. The van der Waals surface area contributed by atoms with Crippen molar-refractivity contribution >= 4 is 46.4 Å². The third kappa shape index (κ3) is 3.10. The van der Waals surface area contributed by atoms with Crippen LogP contribution in [0.15, 0.2) is 48.5 Å². The van der Waals surface area contributed by atoms with Gasteiger partial charge in [-0.1, -0.05) is 47.5 Å². The van der Waals surface area contributed by atoms with Gasteiger partial charge in [-0.3, -0.25) is 9.78 Å². The minimum Gasteiger partial charge on any atom is -0.302 e. The molecular formula is C21H15Cl3N2O. The number of carbonyl (C=O) groups is 1. The number of hydrogen-bond donors (Lipinski definition) is 0. The van der Waals surface area contributed by atoms with Crippen LogP contribution in [0.4, 0.5) is 5.69 Å². The summed E-state index contributed by atoms with van der Waals surface area (Å²) in [6.07, 6.45) is 0. The monoisotopic (exact) mass is 416 g/mol. The van der Waals surface area contributed by atoms with E-state index in [0.717, 1.165) is 33.8 Å². The lowest BCUT2D eigenvalue weighted by Gasteiger charge is -2.17. The fraction of sp³-hybridized carbons (Fsp3) is 0.143. The number of alkyl halides is 1. The molecular weight excluding hydrogens is 403 g/mol. The highest BCUT2D eigenvalue weighted by molar-refractivity contribution is 6.37. The first-order valence-corrected chi connectivity index (χ1v) is 9.71. The van der Waals surface area contributed by atoms with Crippen molar-refractivity contribution < 1.29 is 4.79 Å². The lowest BCUT2D eigenvalue weighted by Crippen LogP contribution is -2.23. The molecule has 6 heteroatoms. The lowest BCUT2D eigenvalue weighted by molar-refractivity contribution is 0.0997. The Labute approximate surface area is 172 Å². The van der Waals surface area contributed by atoms with Crippen LogP contribution in [0.2, 0.25) is 10.0 Å². The standard InChI is InChI=1S/C21H15Cl3N2O/c1-12-16(10-22)19(15-8-7-13(23)9-17(15)24)20-18(25-12)11-26(21(20)27)14-5-3-2-4-6-14/h2-9H,10-11H2,1H3. The zero-order chi connectivity index (χ0) is 19.1. The van der Waals surface area contributed by atoms with Crippen LogP contribution < -0.4 is 4.90 Å². The normalized spacial score (nSPS) is 13.2. The van der Waals surface area contributed by atoms with Crippen LogP contribution in [-0.2, 0) is 12.4 Å². The first-order valence-electron chi connectivity index (χ1n) is 8.42. The molecule has 27 heavy (non-hydrogen) atoms. The van der Waals surface area contributed by atoms with E-state index < -0.39 is 0 Å². The third-order valence-electron chi connectivity index (χ3n) is 4.75. The smallest absolute Gasteiger partial charge is 0.261 e. The summed E-state index contributed by atoms with van der Waals surface area (Å²) in [6, 6.07) is 14.8. The molecule has 2 heterocycles. The van der Waals surface area contributed by atoms with E-state index in [2.05, 4.69) is 4.98 Å². The molecule has 0 unspecified atom stereocenters. The van der Waals surface area contributed by atoms with Gasteiger partial charge in [0.15, 0.2) is 0 Å². The van der Waals surface area contributed by atoms with Gasteiger partial charge in [0.25, 0.3) is 5.91 Å². The minimum absolute atomic E-state index is 0.101. The zero-order valence-electron chi connectivity index (χ0n) is 14.5.